The quantitative estimate of drug-likeness (QED) is 0.264. The van der Waals surface area contributed by atoms with Gasteiger partial charge in [0, 0.05) is 6.54 Å². The molecule has 1 atom stereocenters. The Hall–Kier alpha value is -1.38. The van der Waals surface area contributed by atoms with Crippen LogP contribution in [0.4, 0.5) is 4.79 Å². The zero-order valence-electron chi connectivity index (χ0n) is 18.5. The van der Waals surface area contributed by atoms with E-state index in [-0.39, 0.29) is 11.8 Å². The van der Waals surface area contributed by atoms with Gasteiger partial charge in [0.1, 0.15) is 11.6 Å². The number of unbranched alkanes of at least 4 members (excludes halogenated alkanes) is 1. The van der Waals surface area contributed by atoms with Crippen molar-refractivity contribution in [2.75, 3.05) is 39.3 Å². The Morgan fingerprint density at radius 2 is 1.43 bits per heavy atom. The lowest BCUT2D eigenvalue weighted by atomic mass is 10.0. The average molecular weight is 402 g/mol. The van der Waals surface area contributed by atoms with Gasteiger partial charge in [-0.2, -0.15) is 0 Å². The van der Waals surface area contributed by atoms with Crippen molar-refractivity contribution in [3.63, 3.8) is 0 Å². The maximum Gasteiger partial charge on any atom is 0.408 e. The fraction of sp³-hybridized carbons (Fsp3) is 0.900. The number of nitrogens with one attached hydrogen (secondary N) is 4. The molecule has 0 saturated heterocycles. The van der Waals surface area contributed by atoms with Gasteiger partial charge in [-0.25, -0.2) is 4.79 Å². The molecule has 0 heterocycles. The summed E-state index contributed by atoms with van der Waals surface area (Å²) in [6.07, 6.45) is 3.56. The second-order valence-corrected chi connectivity index (χ2v) is 8.36. The van der Waals surface area contributed by atoms with E-state index in [9.17, 15) is 9.59 Å². The molecule has 0 aromatic carbocycles. The maximum atomic E-state index is 12.4. The molecular formula is C20H43N5O3. The summed E-state index contributed by atoms with van der Waals surface area (Å²) >= 11 is 0. The number of carbonyl (C=O) groups is 2. The summed E-state index contributed by atoms with van der Waals surface area (Å²) < 4.78 is 5.24. The van der Waals surface area contributed by atoms with Crippen LogP contribution in [0.3, 0.4) is 0 Å². The Balaban J connectivity index is 3.82. The lowest BCUT2D eigenvalue weighted by Crippen LogP contribution is -2.51. The molecule has 6 N–H and O–H groups in total. The lowest BCUT2D eigenvalue weighted by molar-refractivity contribution is -0.124. The van der Waals surface area contributed by atoms with Crippen LogP contribution in [0.1, 0.15) is 60.3 Å². The van der Waals surface area contributed by atoms with Crippen LogP contribution >= 0.6 is 0 Å². The van der Waals surface area contributed by atoms with Crippen LogP contribution < -0.4 is 27.0 Å². The van der Waals surface area contributed by atoms with Crippen LogP contribution in [0.2, 0.25) is 0 Å². The van der Waals surface area contributed by atoms with E-state index in [4.69, 9.17) is 10.5 Å². The SMILES string of the molecule is CC(C)[C@@H](NC(=O)OC(C)(C)C)C(=O)NCCCNCCCCNCCCN. The van der Waals surface area contributed by atoms with Crippen LogP contribution in [0, 0.1) is 5.92 Å². The van der Waals surface area contributed by atoms with E-state index in [0.717, 1.165) is 58.4 Å². The molecule has 0 spiro atoms. The van der Waals surface area contributed by atoms with Gasteiger partial charge in [0.05, 0.1) is 0 Å². The summed E-state index contributed by atoms with van der Waals surface area (Å²) in [6, 6.07) is -0.602. The first-order valence-electron chi connectivity index (χ1n) is 10.6. The highest BCUT2D eigenvalue weighted by Crippen LogP contribution is 2.08. The molecule has 166 valence electrons. The van der Waals surface area contributed by atoms with E-state index in [0.29, 0.717) is 6.54 Å². The van der Waals surface area contributed by atoms with E-state index in [1.807, 2.05) is 13.8 Å². The Morgan fingerprint density at radius 1 is 0.893 bits per heavy atom. The molecule has 8 heteroatoms. The molecular weight excluding hydrogens is 358 g/mol. The molecule has 0 aromatic rings. The topological polar surface area (TPSA) is 118 Å². The zero-order valence-corrected chi connectivity index (χ0v) is 18.5. The van der Waals surface area contributed by atoms with Crippen molar-refractivity contribution < 1.29 is 14.3 Å². The zero-order chi connectivity index (χ0) is 21.4. The fourth-order valence-electron chi connectivity index (χ4n) is 2.48. The van der Waals surface area contributed by atoms with Crippen molar-refractivity contribution in [2.24, 2.45) is 11.7 Å². The number of carbonyl (C=O) groups excluding carboxylic acids is 2. The Labute approximate surface area is 171 Å². The van der Waals surface area contributed by atoms with Crippen molar-refractivity contribution in [2.45, 2.75) is 71.9 Å². The van der Waals surface area contributed by atoms with Gasteiger partial charge in [0.15, 0.2) is 0 Å². The van der Waals surface area contributed by atoms with Gasteiger partial charge in [-0.05, 0) is 85.1 Å². The molecule has 0 unspecified atom stereocenters. The van der Waals surface area contributed by atoms with Crippen molar-refractivity contribution in [1.29, 1.82) is 0 Å². The summed E-state index contributed by atoms with van der Waals surface area (Å²) in [6.45, 7) is 14.3. The Bertz CT molecular complexity index is 425. The minimum atomic E-state index is -0.602. The van der Waals surface area contributed by atoms with E-state index >= 15 is 0 Å². The van der Waals surface area contributed by atoms with Gasteiger partial charge in [0.25, 0.3) is 0 Å². The van der Waals surface area contributed by atoms with E-state index < -0.39 is 17.7 Å². The second kappa shape index (κ2) is 15.5. The summed E-state index contributed by atoms with van der Waals surface area (Å²) in [5, 5.41) is 12.3. The van der Waals surface area contributed by atoms with Crippen LogP contribution in [0.5, 0.6) is 0 Å². The molecule has 0 fully saturated rings. The summed E-state index contributed by atoms with van der Waals surface area (Å²) in [4.78, 5) is 24.3. The van der Waals surface area contributed by atoms with E-state index in [2.05, 4.69) is 21.3 Å². The van der Waals surface area contributed by atoms with Gasteiger partial charge < -0.3 is 31.7 Å². The summed E-state index contributed by atoms with van der Waals surface area (Å²) in [5.74, 6) is -0.200. The highest BCUT2D eigenvalue weighted by Gasteiger charge is 2.26. The molecule has 0 radical (unpaired) electrons. The third-order valence-electron chi connectivity index (χ3n) is 3.97. The minimum absolute atomic E-state index is 0.0240. The first-order chi connectivity index (χ1) is 13.2. The largest absolute Gasteiger partial charge is 0.444 e. The Kier molecular flexibility index (Phi) is 14.8. The molecule has 0 bridgehead atoms. The third kappa shape index (κ3) is 15.7. The predicted molar refractivity (Wildman–Crippen MR) is 114 cm³/mol. The maximum absolute atomic E-state index is 12.4. The normalized spacial score (nSPS) is 12.7. The van der Waals surface area contributed by atoms with Crippen LogP contribution in [-0.4, -0.2) is 62.9 Å². The predicted octanol–water partition coefficient (Wildman–Crippen LogP) is 1.35. The van der Waals surface area contributed by atoms with Gasteiger partial charge in [-0.15, -0.1) is 0 Å². The first kappa shape index (κ1) is 26.6. The number of alkyl carbamates (subject to hydrolysis) is 1. The van der Waals surface area contributed by atoms with Crippen molar-refractivity contribution >= 4 is 12.0 Å². The number of nitrogens with two attached hydrogens (primary N) is 1. The van der Waals surface area contributed by atoms with E-state index in [1.165, 1.54) is 0 Å². The smallest absolute Gasteiger partial charge is 0.408 e. The molecule has 0 saturated carbocycles. The lowest BCUT2D eigenvalue weighted by Gasteiger charge is -2.25. The summed E-state index contributed by atoms with van der Waals surface area (Å²) in [7, 11) is 0. The molecule has 0 aliphatic carbocycles. The Morgan fingerprint density at radius 3 is 1.93 bits per heavy atom. The number of rotatable bonds is 15. The van der Waals surface area contributed by atoms with Crippen LogP contribution in [-0.2, 0) is 9.53 Å². The number of hydrogen-bond donors (Lipinski definition) is 5. The number of hydrogen-bond acceptors (Lipinski definition) is 6. The van der Waals surface area contributed by atoms with Gasteiger partial charge >= 0.3 is 6.09 Å². The monoisotopic (exact) mass is 401 g/mol. The molecule has 28 heavy (non-hydrogen) atoms. The minimum Gasteiger partial charge on any atom is -0.444 e. The molecule has 0 aromatic heterocycles. The average Bonchev–Trinajstić information content (AvgIpc) is 2.58. The fourth-order valence-corrected chi connectivity index (χ4v) is 2.48. The van der Waals surface area contributed by atoms with Gasteiger partial charge in [-0.3, -0.25) is 4.79 Å². The van der Waals surface area contributed by atoms with Crippen molar-refractivity contribution in [1.82, 2.24) is 21.3 Å². The molecule has 0 rings (SSSR count). The van der Waals surface area contributed by atoms with E-state index in [1.54, 1.807) is 20.8 Å². The molecule has 0 aliphatic rings. The third-order valence-corrected chi connectivity index (χ3v) is 3.97. The highest BCUT2D eigenvalue weighted by molar-refractivity contribution is 5.85. The van der Waals surface area contributed by atoms with Crippen molar-refractivity contribution in [3.05, 3.63) is 0 Å². The molecule has 2 amide bonds. The standard InChI is InChI=1S/C20H43N5O3/c1-16(2)17(25-19(27)28-20(3,4)5)18(26)24-15-9-14-23-12-7-6-11-22-13-8-10-21/h16-17,22-23H,6-15,21H2,1-5H3,(H,24,26)(H,25,27)/t17-/m1/s1. The molecule has 0 aliphatic heterocycles. The summed E-state index contributed by atoms with van der Waals surface area (Å²) in [5.41, 5.74) is 4.85. The number of ether oxygens (including phenoxy) is 1. The van der Waals surface area contributed by atoms with Gasteiger partial charge in [0.2, 0.25) is 5.91 Å². The van der Waals surface area contributed by atoms with Gasteiger partial charge in [-0.1, -0.05) is 13.8 Å². The highest BCUT2D eigenvalue weighted by atomic mass is 16.6. The van der Waals surface area contributed by atoms with Crippen molar-refractivity contribution in [3.8, 4) is 0 Å². The van der Waals surface area contributed by atoms with Crippen LogP contribution in [0.15, 0.2) is 0 Å². The number of amides is 2. The molecule has 8 nitrogen and oxygen atoms in total. The second-order valence-electron chi connectivity index (χ2n) is 8.36. The first-order valence-corrected chi connectivity index (χ1v) is 10.6. The van der Waals surface area contributed by atoms with Crippen LogP contribution in [0.25, 0.3) is 0 Å².